The summed E-state index contributed by atoms with van der Waals surface area (Å²) in [6.07, 6.45) is 3.56. The number of nitrogens with one attached hydrogen (secondary N) is 1. The van der Waals surface area contributed by atoms with Crippen molar-refractivity contribution in [1.82, 2.24) is 14.5 Å². The highest BCUT2D eigenvalue weighted by molar-refractivity contribution is 7.89. The van der Waals surface area contributed by atoms with Gasteiger partial charge in [0.2, 0.25) is 10.0 Å². The Balaban J connectivity index is 2.05. The first kappa shape index (κ1) is 14.3. The van der Waals surface area contributed by atoms with Crippen LogP contribution in [0.1, 0.15) is 26.2 Å². The Morgan fingerprint density at radius 2 is 2.32 bits per heavy atom. The smallest absolute Gasteiger partial charge is 0.245 e. The van der Waals surface area contributed by atoms with Gasteiger partial charge in [-0.15, -0.1) is 0 Å². The van der Waals surface area contributed by atoms with Crippen molar-refractivity contribution in [3.05, 3.63) is 6.20 Å². The van der Waals surface area contributed by atoms with Crippen molar-refractivity contribution in [3.8, 4) is 0 Å². The molecule has 1 fully saturated rings. The maximum absolute atomic E-state index is 12.1. The van der Waals surface area contributed by atoms with Gasteiger partial charge in [0.15, 0.2) is 5.82 Å². The lowest BCUT2D eigenvalue weighted by Crippen LogP contribution is -2.33. The van der Waals surface area contributed by atoms with E-state index in [1.54, 1.807) is 0 Å². The summed E-state index contributed by atoms with van der Waals surface area (Å²) in [5.41, 5.74) is 5.62. The quantitative estimate of drug-likeness (QED) is 0.650. The first-order chi connectivity index (χ1) is 8.94. The fourth-order valence-corrected chi connectivity index (χ4v) is 3.01. The first-order valence-corrected chi connectivity index (χ1v) is 7.93. The fourth-order valence-electron chi connectivity index (χ4n) is 1.89. The third kappa shape index (κ3) is 3.46. The summed E-state index contributed by atoms with van der Waals surface area (Å²) in [7, 11) is -3.71. The topological polar surface area (TPSA) is 110 Å². The summed E-state index contributed by atoms with van der Waals surface area (Å²) in [5, 5.41) is 13.6. The van der Waals surface area contributed by atoms with Crippen molar-refractivity contribution in [3.63, 3.8) is 0 Å². The van der Waals surface area contributed by atoms with E-state index >= 15 is 0 Å². The van der Waals surface area contributed by atoms with Crippen LogP contribution in [0.3, 0.4) is 0 Å². The van der Waals surface area contributed by atoms with Crippen LogP contribution in [0.2, 0.25) is 0 Å². The van der Waals surface area contributed by atoms with Crippen LogP contribution in [-0.2, 0) is 16.6 Å². The molecule has 108 valence electrons. The Labute approximate surface area is 112 Å². The summed E-state index contributed by atoms with van der Waals surface area (Å²) in [5.74, 6) is 0.213. The van der Waals surface area contributed by atoms with E-state index < -0.39 is 16.1 Å². The van der Waals surface area contributed by atoms with Crippen molar-refractivity contribution in [2.75, 3.05) is 12.3 Å². The SMILES string of the molecule is CCCn1cc(S(=O)(=O)NCC(O)C2CC2)c(N)n1. The van der Waals surface area contributed by atoms with Gasteiger partial charge in [0, 0.05) is 19.3 Å². The molecular formula is C11H20N4O3S. The molecule has 19 heavy (non-hydrogen) atoms. The van der Waals surface area contributed by atoms with E-state index in [1.807, 2.05) is 6.92 Å². The molecule has 0 spiro atoms. The molecule has 1 aliphatic carbocycles. The van der Waals surface area contributed by atoms with E-state index in [2.05, 4.69) is 9.82 Å². The van der Waals surface area contributed by atoms with Gasteiger partial charge in [-0.05, 0) is 25.2 Å². The number of hydrogen-bond acceptors (Lipinski definition) is 5. The molecule has 0 aromatic carbocycles. The molecule has 1 saturated carbocycles. The van der Waals surface area contributed by atoms with Crippen LogP contribution in [0.5, 0.6) is 0 Å². The number of anilines is 1. The Morgan fingerprint density at radius 3 is 2.89 bits per heavy atom. The summed E-state index contributed by atoms with van der Waals surface area (Å²) < 4.78 is 28.0. The Morgan fingerprint density at radius 1 is 1.63 bits per heavy atom. The highest BCUT2D eigenvalue weighted by atomic mass is 32.2. The van der Waals surface area contributed by atoms with Crippen molar-refractivity contribution in [2.24, 2.45) is 5.92 Å². The summed E-state index contributed by atoms with van der Waals surface area (Å²) in [4.78, 5) is -0.0241. The zero-order chi connectivity index (χ0) is 14.0. The van der Waals surface area contributed by atoms with Crippen molar-refractivity contribution >= 4 is 15.8 Å². The molecular weight excluding hydrogens is 268 g/mol. The number of sulfonamides is 1. The van der Waals surface area contributed by atoms with Crippen LogP contribution in [0.25, 0.3) is 0 Å². The predicted octanol–water partition coefficient (Wildman–Crippen LogP) is -0.0755. The fraction of sp³-hybridized carbons (Fsp3) is 0.727. The second-order valence-corrected chi connectivity index (χ2v) is 6.63. The minimum atomic E-state index is -3.71. The number of nitrogens with zero attached hydrogens (tertiary/aromatic N) is 2. The molecule has 0 radical (unpaired) electrons. The number of nitrogen functional groups attached to an aromatic ring is 1. The lowest BCUT2D eigenvalue weighted by molar-refractivity contribution is 0.155. The predicted molar refractivity (Wildman–Crippen MR) is 70.8 cm³/mol. The summed E-state index contributed by atoms with van der Waals surface area (Å²) in [6, 6.07) is 0. The molecule has 1 heterocycles. The summed E-state index contributed by atoms with van der Waals surface area (Å²) >= 11 is 0. The zero-order valence-electron chi connectivity index (χ0n) is 10.9. The standard InChI is InChI=1S/C11H20N4O3S/c1-2-5-15-7-10(11(12)14-15)19(17,18)13-6-9(16)8-3-4-8/h7-9,13,16H,2-6H2,1H3,(H2,12,14). The Kier molecular flexibility index (Phi) is 4.12. The van der Waals surface area contributed by atoms with Gasteiger partial charge in [-0.1, -0.05) is 6.92 Å². The van der Waals surface area contributed by atoms with Crippen LogP contribution in [0.15, 0.2) is 11.1 Å². The molecule has 1 aromatic heterocycles. The minimum Gasteiger partial charge on any atom is -0.391 e. The van der Waals surface area contributed by atoms with Gasteiger partial charge in [0.25, 0.3) is 0 Å². The van der Waals surface area contributed by atoms with Gasteiger partial charge in [-0.3, -0.25) is 4.68 Å². The highest BCUT2D eigenvalue weighted by Crippen LogP contribution is 2.32. The van der Waals surface area contributed by atoms with E-state index in [4.69, 9.17) is 5.73 Å². The van der Waals surface area contributed by atoms with Gasteiger partial charge in [-0.2, -0.15) is 5.10 Å². The van der Waals surface area contributed by atoms with E-state index in [0.29, 0.717) is 6.54 Å². The molecule has 0 bridgehead atoms. The van der Waals surface area contributed by atoms with Crippen molar-refractivity contribution < 1.29 is 13.5 Å². The second kappa shape index (κ2) is 5.48. The minimum absolute atomic E-state index is 0.0122. The van der Waals surface area contributed by atoms with Gasteiger partial charge >= 0.3 is 0 Å². The molecule has 1 atom stereocenters. The molecule has 0 amide bonds. The lowest BCUT2D eigenvalue weighted by Gasteiger charge is -2.10. The molecule has 1 unspecified atom stereocenters. The lowest BCUT2D eigenvalue weighted by atomic mass is 10.2. The maximum atomic E-state index is 12.1. The monoisotopic (exact) mass is 288 g/mol. The molecule has 0 aliphatic heterocycles. The van der Waals surface area contributed by atoms with Crippen LogP contribution >= 0.6 is 0 Å². The highest BCUT2D eigenvalue weighted by Gasteiger charge is 2.31. The average molecular weight is 288 g/mol. The van der Waals surface area contributed by atoms with Gasteiger partial charge in [-0.25, -0.2) is 13.1 Å². The number of aliphatic hydroxyl groups is 1. The average Bonchev–Trinajstić information content (AvgIpc) is 3.12. The molecule has 7 nitrogen and oxygen atoms in total. The number of aliphatic hydroxyl groups excluding tert-OH is 1. The first-order valence-electron chi connectivity index (χ1n) is 6.44. The maximum Gasteiger partial charge on any atom is 0.245 e. The number of rotatable bonds is 7. The van der Waals surface area contributed by atoms with Gasteiger partial charge in [0.1, 0.15) is 4.90 Å². The Bertz CT molecular complexity index is 536. The van der Waals surface area contributed by atoms with E-state index in [9.17, 15) is 13.5 Å². The summed E-state index contributed by atoms with van der Waals surface area (Å²) in [6.45, 7) is 2.60. The molecule has 1 aliphatic rings. The molecule has 4 N–H and O–H groups in total. The van der Waals surface area contributed by atoms with E-state index in [1.165, 1.54) is 10.9 Å². The van der Waals surface area contributed by atoms with Crippen LogP contribution in [-0.4, -0.2) is 36.0 Å². The van der Waals surface area contributed by atoms with Crippen molar-refractivity contribution in [1.29, 1.82) is 0 Å². The number of aromatic nitrogens is 2. The number of aryl methyl sites for hydroxylation is 1. The Hall–Kier alpha value is -1.12. The van der Waals surface area contributed by atoms with Crippen molar-refractivity contribution in [2.45, 2.75) is 43.7 Å². The van der Waals surface area contributed by atoms with E-state index in [-0.39, 0.29) is 23.2 Å². The van der Waals surface area contributed by atoms with Crippen LogP contribution in [0.4, 0.5) is 5.82 Å². The molecule has 1 aromatic rings. The molecule has 0 saturated heterocycles. The molecule has 2 rings (SSSR count). The third-order valence-electron chi connectivity index (χ3n) is 3.15. The zero-order valence-corrected chi connectivity index (χ0v) is 11.7. The van der Waals surface area contributed by atoms with Crippen LogP contribution in [0, 0.1) is 5.92 Å². The number of hydrogen-bond donors (Lipinski definition) is 3. The normalized spacial score (nSPS) is 17.6. The largest absolute Gasteiger partial charge is 0.391 e. The third-order valence-corrected chi connectivity index (χ3v) is 4.59. The van der Waals surface area contributed by atoms with Gasteiger partial charge < -0.3 is 10.8 Å². The molecule has 8 heteroatoms. The second-order valence-electron chi connectivity index (χ2n) is 4.90. The number of nitrogens with two attached hydrogens (primary N) is 1. The van der Waals surface area contributed by atoms with E-state index in [0.717, 1.165) is 19.3 Å². The van der Waals surface area contributed by atoms with Crippen LogP contribution < -0.4 is 10.5 Å². The van der Waals surface area contributed by atoms with Gasteiger partial charge in [0.05, 0.1) is 6.10 Å².